The number of para-hydroxylation sites is 1. The van der Waals surface area contributed by atoms with Crippen molar-refractivity contribution < 1.29 is 22.8 Å². The van der Waals surface area contributed by atoms with Gasteiger partial charge in [-0.05, 0) is 30.3 Å². The van der Waals surface area contributed by atoms with E-state index in [0.717, 1.165) is 17.0 Å². The third-order valence-electron chi connectivity index (χ3n) is 3.59. The largest absolute Gasteiger partial charge is 0.416 e. The molecule has 0 spiro atoms. The van der Waals surface area contributed by atoms with Crippen molar-refractivity contribution in [2.24, 2.45) is 0 Å². The molecule has 2 aromatic rings. The first-order valence-electron chi connectivity index (χ1n) is 7.86. The Kier molecular flexibility index (Phi) is 6.68. The predicted octanol–water partition coefficient (Wildman–Crippen LogP) is 3.87. The quantitative estimate of drug-likeness (QED) is 0.775. The highest BCUT2D eigenvalue weighted by Crippen LogP contribution is 2.30. The van der Waals surface area contributed by atoms with Gasteiger partial charge in [-0.3, -0.25) is 9.59 Å². The second kappa shape index (κ2) is 8.77. The summed E-state index contributed by atoms with van der Waals surface area (Å²) in [6.07, 6.45) is -4.46. The monoisotopic (exact) mass is 399 g/mol. The van der Waals surface area contributed by atoms with Gasteiger partial charge in [0, 0.05) is 12.7 Å². The topological polar surface area (TPSA) is 61.4 Å². The predicted molar refractivity (Wildman–Crippen MR) is 97.7 cm³/mol. The van der Waals surface area contributed by atoms with Gasteiger partial charge in [-0.25, -0.2) is 0 Å². The molecule has 0 saturated heterocycles. The van der Waals surface area contributed by atoms with Crippen molar-refractivity contribution in [2.75, 3.05) is 30.8 Å². The molecule has 2 amide bonds. The van der Waals surface area contributed by atoms with Crippen LogP contribution in [0.15, 0.2) is 48.5 Å². The number of rotatable bonds is 6. The van der Waals surface area contributed by atoms with E-state index in [2.05, 4.69) is 10.6 Å². The van der Waals surface area contributed by atoms with Crippen LogP contribution in [0.25, 0.3) is 0 Å². The number of hydrogen-bond donors (Lipinski definition) is 2. The van der Waals surface area contributed by atoms with Gasteiger partial charge in [-0.1, -0.05) is 29.8 Å². The fraction of sp³-hybridized carbons (Fsp3) is 0.222. The molecule has 0 aliphatic heterocycles. The SMILES string of the molecule is CN(CC(=O)Nc1ccccc1Cl)C(=O)CNc1cccc(C(F)(F)F)c1. The third-order valence-corrected chi connectivity index (χ3v) is 3.92. The number of amides is 2. The summed E-state index contributed by atoms with van der Waals surface area (Å²) in [6.45, 7) is -0.481. The number of carbonyl (C=O) groups excluding carboxylic acids is 2. The van der Waals surface area contributed by atoms with Gasteiger partial charge >= 0.3 is 6.18 Å². The van der Waals surface area contributed by atoms with Crippen molar-refractivity contribution >= 4 is 34.8 Å². The average Bonchev–Trinajstić information content (AvgIpc) is 2.61. The van der Waals surface area contributed by atoms with Gasteiger partial charge in [0.1, 0.15) is 0 Å². The van der Waals surface area contributed by atoms with Crippen molar-refractivity contribution in [3.8, 4) is 0 Å². The van der Waals surface area contributed by atoms with Crippen LogP contribution in [0.3, 0.4) is 0 Å². The Hall–Kier alpha value is -2.74. The number of nitrogens with one attached hydrogen (secondary N) is 2. The van der Waals surface area contributed by atoms with Crippen LogP contribution in [-0.4, -0.2) is 36.9 Å². The molecule has 0 radical (unpaired) electrons. The smallest absolute Gasteiger partial charge is 0.376 e. The summed E-state index contributed by atoms with van der Waals surface area (Å²) in [5, 5.41) is 5.58. The van der Waals surface area contributed by atoms with Crippen molar-refractivity contribution in [1.29, 1.82) is 0 Å². The van der Waals surface area contributed by atoms with Crippen LogP contribution >= 0.6 is 11.6 Å². The molecule has 0 heterocycles. The van der Waals surface area contributed by atoms with Crippen LogP contribution in [0.4, 0.5) is 24.5 Å². The third kappa shape index (κ3) is 6.18. The molecule has 9 heteroatoms. The van der Waals surface area contributed by atoms with Gasteiger partial charge in [0.15, 0.2) is 0 Å². The van der Waals surface area contributed by atoms with Crippen LogP contribution in [-0.2, 0) is 15.8 Å². The summed E-state index contributed by atoms with van der Waals surface area (Å²) in [6, 6.07) is 11.2. The molecular weight excluding hydrogens is 383 g/mol. The molecule has 0 saturated carbocycles. The van der Waals surface area contributed by atoms with E-state index in [1.807, 2.05) is 0 Å². The number of alkyl halides is 3. The van der Waals surface area contributed by atoms with Gasteiger partial charge in [0.2, 0.25) is 11.8 Å². The minimum absolute atomic E-state index is 0.159. The molecule has 5 nitrogen and oxygen atoms in total. The van der Waals surface area contributed by atoms with E-state index >= 15 is 0 Å². The van der Waals surface area contributed by atoms with Crippen molar-refractivity contribution in [2.45, 2.75) is 6.18 Å². The maximum absolute atomic E-state index is 12.7. The van der Waals surface area contributed by atoms with Gasteiger partial charge < -0.3 is 15.5 Å². The molecule has 144 valence electrons. The highest BCUT2D eigenvalue weighted by Gasteiger charge is 2.30. The molecule has 2 aromatic carbocycles. The normalized spacial score (nSPS) is 11.0. The van der Waals surface area contributed by atoms with Crippen LogP contribution in [0, 0.1) is 0 Å². The Labute approximate surface area is 159 Å². The van der Waals surface area contributed by atoms with E-state index in [9.17, 15) is 22.8 Å². The summed E-state index contributed by atoms with van der Waals surface area (Å²) in [5.74, 6) is -0.903. The Morgan fingerprint density at radius 3 is 2.48 bits per heavy atom. The summed E-state index contributed by atoms with van der Waals surface area (Å²) in [7, 11) is 1.42. The average molecular weight is 400 g/mol. The van der Waals surface area contributed by atoms with E-state index in [-0.39, 0.29) is 18.8 Å². The molecule has 2 N–H and O–H groups in total. The van der Waals surface area contributed by atoms with Crippen molar-refractivity contribution in [1.82, 2.24) is 4.90 Å². The number of nitrogens with zero attached hydrogens (tertiary/aromatic N) is 1. The molecule has 0 fully saturated rings. The van der Waals surface area contributed by atoms with Crippen molar-refractivity contribution in [3.05, 3.63) is 59.1 Å². The number of benzene rings is 2. The highest BCUT2D eigenvalue weighted by atomic mass is 35.5. The number of halogens is 4. The number of hydrogen-bond acceptors (Lipinski definition) is 3. The number of likely N-dealkylation sites (N-methyl/N-ethyl adjacent to an activating group) is 1. The first-order chi connectivity index (χ1) is 12.7. The zero-order valence-electron chi connectivity index (χ0n) is 14.3. The fourth-order valence-electron chi connectivity index (χ4n) is 2.17. The van der Waals surface area contributed by atoms with Crippen LogP contribution in [0.2, 0.25) is 5.02 Å². The molecule has 0 bridgehead atoms. The summed E-state index contributed by atoms with van der Waals surface area (Å²) < 4.78 is 38.1. The number of anilines is 2. The number of carbonyl (C=O) groups is 2. The standard InChI is InChI=1S/C18H17ClF3N3O2/c1-25(11-16(26)24-15-8-3-2-7-14(15)19)17(27)10-23-13-6-4-5-12(9-13)18(20,21)22/h2-9,23H,10-11H2,1H3,(H,24,26). The lowest BCUT2D eigenvalue weighted by atomic mass is 10.2. The lowest BCUT2D eigenvalue weighted by molar-refractivity contribution is -0.137. The van der Waals surface area contributed by atoms with E-state index in [1.165, 1.54) is 19.2 Å². The minimum Gasteiger partial charge on any atom is -0.376 e. The fourth-order valence-corrected chi connectivity index (χ4v) is 2.36. The second-order valence-electron chi connectivity index (χ2n) is 5.71. The lowest BCUT2D eigenvalue weighted by Crippen LogP contribution is -2.38. The minimum atomic E-state index is -4.46. The van der Waals surface area contributed by atoms with E-state index in [4.69, 9.17) is 11.6 Å². The van der Waals surface area contributed by atoms with Gasteiger partial charge in [-0.2, -0.15) is 13.2 Å². The van der Waals surface area contributed by atoms with E-state index in [0.29, 0.717) is 10.7 Å². The summed E-state index contributed by atoms with van der Waals surface area (Å²) >= 11 is 5.94. The second-order valence-corrected chi connectivity index (χ2v) is 6.12. The summed E-state index contributed by atoms with van der Waals surface area (Å²) in [4.78, 5) is 25.2. The molecule has 0 aliphatic carbocycles. The molecule has 0 aromatic heterocycles. The Morgan fingerprint density at radius 1 is 1.11 bits per heavy atom. The molecule has 27 heavy (non-hydrogen) atoms. The zero-order valence-corrected chi connectivity index (χ0v) is 15.1. The van der Waals surface area contributed by atoms with Crippen molar-refractivity contribution in [3.63, 3.8) is 0 Å². The van der Waals surface area contributed by atoms with E-state index in [1.54, 1.807) is 24.3 Å². The highest BCUT2D eigenvalue weighted by molar-refractivity contribution is 6.33. The molecule has 0 atom stereocenters. The van der Waals surface area contributed by atoms with Crippen LogP contribution in [0.5, 0.6) is 0 Å². The first-order valence-corrected chi connectivity index (χ1v) is 8.24. The van der Waals surface area contributed by atoms with Crippen LogP contribution in [0.1, 0.15) is 5.56 Å². The van der Waals surface area contributed by atoms with Gasteiger partial charge in [0.25, 0.3) is 0 Å². The Balaban J connectivity index is 1.87. The molecular formula is C18H17ClF3N3O2. The Bertz CT molecular complexity index is 827. The molecule has 0 unspecified atom stereocenters. The van der Waals surface area contributed by atoms with Crippen LogP contribution < -0.4 is 10.6 Å². The molecule has 2 rings (SSSR count). The first kappa shape index (κ1) is 20.6. The molecule has 0 aliphatic rings. The maximum Gasteiger partial charge on any atom is 0.416 e. The van der Waals surface area contributed by atoms with Gasteiger partial charge in [0.05, 0.1) is 29.4 Å². The Morgan fingerprint density at radius 2 is 1.81 bits per heavy atom. The maximum atomic E-state index is 12.7. The zero-order chi connectivity index (χ0) is 20.0. The van der Waals surface area contributed by atoms with Gasteiger partial charge in [-0.15, -0.1) is 0 Å². The summed E-state index contributed by atoms with van der Waals surface area (Å²) in [5.41, 5.74) is -0.230. The van der Waals surface area contributed by atoms with E-state index < -0.39 is 23.6 Å². The lowest BCUT2D eigenvalue weighted by Gasteiger charge is -2.18.